The van der Waals surface area contributed by atoms with E-state index in [0.29, 0.717) is 65.5 Å². The number of hydrogen-bond acceptors (Lipinski definition) is 14. The molecule has 7 atom stereocenters. The van der Waals surface area contributed by atoms with Crippen molar-refractivity contribution in [1.29, 1.82) is 0 Å². The Balaban J connectivity index is 1.17. The molecule has 79 heavy (non-hydrogen) atoms. The van der Waals surface area contributed by atoms with E-state index in [1.807, 2.05) is 102 Å². The van der Waals surface area contributed by atoms with Crippen molar-refractivity contribution < 1.29 is 48.0 Å². The number of para-hydroxylation sites is 1. The first-order valence-electron chi connectivity index (χ1n) is 26.3. The van der Waals surface area contributed by atoms with Crippen LogP contribution >= 0.6 is 0 Å². The number of aliphatic hydroxyl groups excluding tert-OH is 1. The summed E-state index contributed by atoms with van der Waals surface area (Å²) in [5.41, 5.74) is 3.12. The lowest BCUT2D eigenvalue weighted by Gasteiger charge is -2.46. The molecule has 18 heteroatoms. The van der Waals surface area contributed by atoms with Crippen LogP contribution < -0.4 is 25.2 Å². The molecule has 0 saturated carbocycles. The normalized spacial score (nSPS) is 21.9. The van der Waals surface area contributed by atoms with Gasteiger partial charge in [-0.25, -0.2) is 19.2 Å². The fourth-order valence-electron chi connectivity index (χ4n) is 11.8. The van der Waals surface area contributed by atoms with E-state index in [1.54, 1.807) is 73.1 Å². The third-order valence-corrected chi connectivity index (χ3v) is 15.3. The minimum absolute atomic E-state index is 0.0602. The summed E-state index contributed by atoms with van der Waals surface area (Å²) in [5.74, 6) is 1.59. The predicted molar refractivity (Wildman–Crippen MR) is 293 cm³/mol. The summed E-state index contributed by atoms with van der Waals surface area (Å²) in [5, 5.41) is 24.5. The molecular formula is C61H58N8O10. The minimum atomic E-state index is -2.18. The molecule has 3 N–H and O–H groups in total. The largest absolute Gasteiger partial charge is 0.491 e. The topological polar surface area (TPSA) is 207 Å². The summed E-state index contributed by atoms with van der Waals surface area (Å²) in [6.45, 7) is 5.76. The number of esters is 2. The summed E-state index contributed by atoms with van der Waals surface area (Å²) in [6.07, 6.45) is -0.984. The van der Waals surface area contributed by atoms with E-state index >= 15 is 19.2 Å². The molecule has 402 valence electrons. The number of amides is 4. The molecule has 4 aliphatic heterocycles. The van der Waals surface area contributed by atoms with Gasteiger partial charge in [0, 0.05) is 30.0 Å². The zero-order chi connectivity index (χ0) is 54.8. The number of morpholine rings is 2. The Morgan fingerprint density at radius 3 is 2.25 bits per heavy atom. The van der Waals surface area contributed by atoms with E-state index in [9.17, 15) is 9.90 Å². The third kappa shape index (κ3) is 9.59. The molecule has 11 rings (SSSR count). The van der Waals surface area contributed by atoms with Gasteiger partial charge in [-0.3, -0.25) is 19.3 Å². The van der Waals surface area contributed by atoms with Gasteiger partial charge in [0.05, 0.1) is 56.1 Å². The molecule has 1 aromatic heterocycles. The number of ether oxygens (including phenoxy) is 4. The van der Waals surface area contributed by atoms with E-state index in [-0.39, 0.29) is 31.0 Å². The summed E-state index contributed by atoms with van der Waals surface area (Å²) >= 11 is 0. The summed E-state index contributed by atoms with van der Waals surface area (Å²) in [7, 11) is 1.21. The molecule has 18 nitrogen and oxygen atoms in total. The van der Waals surface area contributed by atoms with Crippen molar-refractivity contribution in [3.05, 3.63) is 179 Å². The van der Waals surface area contributed by atoms with E-state index in [4.69, 9.17) is 18.9 Å². The Morgan fingerprint density at radius 2 is 1.53 bits per heavy atom. The molecule has 7 aromatic rings. The van der Waals surface area contributed by atoms with Crippen LogP contribution in [-0.4, -0.2) is 113 Å². The van der Waals surface area contributed by atoms with Crippen LogP contribution in [0.4, 0.5) is 21.9 Å². The van der Waals surface area contributed by atoms with Gasteiger partial charge in [0.25, 0.3) is 0 Å². The SMILES string of the molecule is COC(=O)C(NC(=O)N1C(=O)C2(c3cc(C#CCn4nnc5ccccc54)ccc31)C(C(=O)Nc1ccc(N3CCOCC3)cc1)C1C(=O)OC(c3ccccc3)C(c3ccccc3)N1C2c1cccc(OCCO)c1)C(C)C. The zero-order valence-electron chi connectivity index (χ0n) is 43.7. The van der Waals surface area contributed by atoms with E-state index in [0.717, 1.165) is 16.1 Å². The fraction of sp³-hybridized carbons (Fsp3) is 0.295. The number of carbonyl (C=O) groups is 5. The number of cyclic esters (lactones) is 1. The maximum absolute atomic E-state index is 17.0. The zero-order valence-corrected chi connectivity index (χ0v) is 43.7. The van der Waals surface area contributed by atoms with Gasteiger partial charge in [-0.1, -0.05) is 116 Å². The number of methoxy groups -OCH3 is 1. The number of carbonyl (C=O) groups excluding carboxylic acids is 5. The summed E-state index contributed by atoms with van der Waals surface area (Å²) in [4.78, 5) is 82.7. The lowest BCUT2D eigenvalue weighted by atomic mass is 9.65. The number of nitrogens with one attached hydrogen (secondary N) is 2. The summed E-state index contributed by atoms with van der Waals surface area (Å²) < 4.78 is 25.1. The molecule has 4 aliphatic rings. The maximum atomic E-state index is 17.0. The quantitative estimate of drug-likeness (QED) is 0.0794. The second kappa shape index (κ2) is 22.2. The number of fused-ring (bicyclic) bond motifs is 4. The van der Waals surface area contributed by atoms with Crippen molar-refractivity contribution in [2.45, 2.75) is 56.1 Å². The van der Waals surface area contributed by atoms with Crippen molar-refractivity contribution in [1.82, 2.24) is 25.2 Å². The number of aliphatic hydroxyl groups is 1. The Morgan fingerprint density at radius 1 is 0.823 bits per heavy atom. The molecule has 0 bridgehead atoms. The molecule has 3 fully saturated rings. The van der Waals surface area contributed by atoms with E-state index in [2.05, 4.69) is 37.7 Å². The van der Waals surface area contributed by atoms with E-state index < -0.39 is 77.3 Å². The van der Waals surface area contributed by atoms with Gasteiger partial charge in [0.2, 0.25) is 11.8 Å². The first-order chi connectivity index (χ1) is 38.5. The Kier molecular flexibility index (Phi) is 14.7. The first kappa shape index (κ1) is 52.2. The standard InChI is InChI=1S/C61H58N8O10/c1-38(2)51(57(72)76-3)63-60(75)68-48-28-23-39(14-13-29-67-49-22-11-10-21-47(49)64-65-67)36-46(48)61(59(68)74)50(56(71)62-43-24-26-44(27-25-43)66-30-33-77-34-31-66)53-58(73)79-54(41-17-8-5-9-18-41)52(40-15-6-4-7-16-40)69(53)55(61)42-19-12-20-45(37-42)78-35-32-70/h4-12,15-28,36-38,50-55,70H,29-35H2,1-3H3,(H,62,71)(H,63,75). The number of anilines is 3. The number of urea groups is 1. The number of imide groups is 1. The molecule has 4 amide bonds. The average molecular weight is 1060 g/mol. The molecule has 5 heterocycles. The molecule has 7 unspecified atom stereocenters. The monoisotopic (exact) mass is 1060 g/mol. The fourth-order valence-corrected chi connectivity index (χ4v) is 11.8. The lowest BCUT2D eigenvalue weighted by molar-refractivity contribution is -0.177. The minimum Gasteiger partial charge on any atom is -0.491 e. The molecule has 0 radical (unpaired) electrons. The molecule has 0 aliphatic carbocycles. The molecule has 1 spiro atoms. The van der Waals surface area contributed by atoms with Crippen LogP contribution in [0.1, 0.15) is 59.9 Å². The average Bonchev–Trinajstić information content (AvgIpc) is 2.45. The van der Waals surface area contributed by atoms with Gasteiger partial charge < -0.3 is 39.6 Å². The van der Waals surface area contributed by atoms with Gasteiger partial charge >= 0.3 is 18.0 Å². The van der Waals surface area contributed by atoms with E-state index in [1.165, 1.54) is 7.11 Å². The number of aromatic nitrogens is 3. The predicted octanol–water partition coefficient (Wildman–Crippen LogP) is 6.90. The van der Waals surface area contributed by atoms with Crippen LogP contribution in [-0.2, 0) is 45.3 Å². The number of nitrogens with zero attached hydrogens (tertiary/aromatic N) is 6. The third-order valence-electron chi connectivity index (χ3n) is 15.3. The van der Waals surface area contributed by atoms with Gasteiger partial charge in [-0.05, 0) is 94.9 Å². The maximum Gasteiger partial charge on any atom is 0.329 e. The molecular weight excluding hydrogens is 1000 g/mol. The van der Waals surface area contributed by atoms with Gasteiger partial charge in [0.1, 0.15) is 48.0 Å². The Hall–Kier alpha value is -8.89. The molecule has 3 saturated heterocycles. The van der Waals surface area contributed by atoms with Crippen molar-refractivity contribution in [3.8, 4) is 17.6 Å². The van der Waals surface area contributed by atoms with Crippen LogP contribution in [0.3, 0.4) is 0 Å². The number of rotatable bonds is 13. The Labute approximate surface area is 456 Å². The van der Waals surface area contributed by atoms with Crippen LogP contribution in [0.15, 0.2) is 152 Å². The van der Waals surface area contributed by atoms with Crippen molar-refractivity contribution in [2.75, 3.05) is 61.7 Å². The smallest absolute Gasteiger partial charge is 0.329 e. The lowest BCUT2D eigenvalue weighted by Crippen LogP contribution is -2.57. The van der Waals surface area contributed by atoms with Crippen LogP contribution in [0.25, 0.3) is 11.0 Å². The highest BCUT2D eigenvalue weighted by Gasteiger charge is 2.75. The highest BCUT2D eigenvalue weighted by molar-refractivity contribution is 6.25. The van der Waals surface area contributed by atoms with Crippen LogP contribution in [0.5, 0.6) is 5.75 Å². The van der Waals surface area contributed by atoms with Crippen LogP contribution in [0, 0.1) is 23.7 Å². The summed E-state index contributed by atoms with van der Waals surface area (Å²) in [6, 6.07) is 39.8. The second-order valence-electron chi connectivity index (χ2n) is 20.1. The number of benzene rings is 6. The van der Waals surface area contributed by atoms with Crippen molar-refractivity contribution in [2.24, 2.45) is 11.8 Å². The second-order valence-corrected chi connectivity index (χ2v) is 20.1. The first-order valence-corrected chi connectivity index (χ1v) is 26.3. The van der Waals surface area contributed by atoms with Crippen LogP contribution in [0.2, 0.25) is 0 Å². The Bertz CT molecular complexity index is 3490. The van der Waals surface area contributed by atoms with Gasteiger partial charge in [0.15, 0.2) is 0 Å². The van der Waals surface area contributed by atoms with Crippen molar-refractivity contribution >= 4 is 57.9 Å². The van der Waals surface area contributed by atoms with Gasteiger partial charge in [-0.2, -0.15) is 0 Å². The number of hydrogen-bond donors (Lipinski definition) is 3. The highest BCUT2D eigenvalue weighted by atomic mass is 16.6. The molecule has 6 aromatic carbocycles. The van der Waals surface area contributed by atoms with Crippen molar-refractivity contribution in [3.63, 3.8) is 0 Å². The van der Waals surface area contributed by atoms with Gasteiger partial charge in [-0.15, -0.1) is 5.10 Å². The highest BCUT2D eigenvalue weighted by Crippen LogP contribution is 2.66.